The van der Waals surface area contributed by atoms with Gasteiger partial charge in [-0.3, -0.25) is 14.5 Å². The van der Waals surface area contributed by atoms with Gasteiger partial charge in [0.15, 0.2) is 0 Å². The average Bonchev–Trinajstić information content (AvgIpc) is 3.46. The van der Waals surface area contributed by atoms with Gasteiger partial charge in [0.05, 0.1) is 14.2 Å². The van der Waals surface area contributed by atoms with E-state index < -0.39 is 6.04 Å². The fourth-order valence-corrected chi connectivity index (χ4v) is 6.60. The zero-order valence-electron chi connectivity index (χ0n) is 24.0. The van der Waals surface area contributed by atoms with Crippen LogP contribution in [0.15, 0.2) is 48.5 Å². The Kier molecular flexibility index (Phi) is 9.60. The van der Waals surface area contributed by atoms with E-state index in [0.29, 0.717) is 43.3 Å². The third-order valence-corrected chi connectivity index (χ3v) is 8.82. The molecule has 1 N–H and O–H groups in total. The molecule has 2 amide bonds. The number of methoxy groups -OCH3 is 2. The standard InChI is InChI=1S/C32H44N4O4/c1-39-28-12-6-10-25(18-28)22-35(21-24-8-4-3-5-9-24)27-20-30(32(38)34-16-14-33-15-17-34)36(23-27)31(37)26-11-7-13-29(19-26)40-2/h6-7,10-13,18-19,24,27,30,33H,3-5,8-9,14-17,20-23H2,1-2H3. The number of likely N-dealkylation sites (tertiary alicyclic amines) is 1. The summed E-state index contributed by atoms with van der Waals surface area (Å²) in [5.41, 5.74) is 1.75. The highest BCUT2D eigenvalue weighted by Crippen LogP contribution is 2.32. The molecule has 3 aliphatic rings. The second kappa shape index (κ2) is 13.5. The van der Waals surface area contributed by atoms with E-state index in [1.165, 1.54) is 37.7 Å². The lowest BCUT2D eigenvalue weighted by atomic mass is 9.88. The molecule has 2 aromatic carbocycles. The first-order chi connectivity index (χ1) is 19.6. The highest BCUT2D eigenvalue weighted by atomic mass is 16.5. The average molecular weight is 549 g/mol. The molecule has 2 saturated heterocycles. The van der Waals surface area contributed by atoms with Crippen LogP contribution in [0.25, 0.3) is 0 Å². The van der Waals surface area contributed by atoms with Crippen molar-refractivity contribution in [2.45, 2.75) is 57.2 Å². The highest BCUT2D eigenvalue weighted by Gasteiger charge is 2.44. The van der Waals surface area contributed by atoms with Gasteiger partial charge in [0.25, 0.3) is 5.91 Å². The lowest BCUT2D eigenvalue weighted by Gasteiger charge is -2.34. The number of rotatable bonds is 9. The molecule has 0 aromatic heterocycles. The molecule has 8 nitrogen and oxygen atoms in total. The van der Waals surface area contributed by atoms with Gasteiger partial charge in [-0.15, -0.1) is 0 Å². The molecular weight excluding hydrogens is 504 g/mol. The minimum absolute atomic E-state index is 0.0687. The molecule has 40 heavy (non-hydrogen) atoms. The summed E-state index contributed by atoms with van der Waals surface area (Å²) in [6, 6.07) is 15.2. The van der Waals surface area contributed by atoms with E-state index in [9.17, 15) is 9.59 Å². The van der Waals surface area contributed by atoms with Crippen LogP contribution in [-0.2, 0) is 11.3 Å². The van der Waals surface area contributed by atoms with Gasteiger partial charge in [-0.05, 0) is 61.1 Å². The maximum Gasteiger partial charge on any atom is 0.254 e. The molecule has 0 bridgehead atoms. The first-order valence-corrected chi connectivity index (χ1v) is 14.9. The van der Waals surface area contributed by atoms with Crippen LogP contribution in [0, 0.1) is 5.92 Å². The minimum Gasteiger partial charge on any atom is -0.497 e. The summed E-state index contributed by atoms with van der Waals surface area (Å²) in [7, 11) is 3.30. The van der Waals surface area contributed by atoms with Crippen molar-refractivity contribution < 1.29 is 19.1 Å². The van der Waals surface area contributed by atoms with Crippen molar-refractivity contribution in [2.24, 2.45) is 5.92 Å². The number of hydrogen-bond donors (Lipinski definition) is 1. The first-order valence-electron chi connectivity index (χ1n) is 14.9. The summed E-state index contributed by atoms with van der Waals surface area (Å²) < 4.78 is 10.9. The predicted octanol–water partition coefficient (Wildman–Crippen LogP) is 3.80. The number of piperazine rings is 1. The van der Waals surface area contributed by atoms with Crippen molar-refractivity contribution in [3.05, 3.63) is 59.7 Å². The Morgan fingerprint density at radius 2 is 1.65 bits per heavy atom. The molecule has 0 spiro atoms. The van der Waals surface area contributed by atoms with Crippen LogP contribution < -0.4 is 14.8 Å². The Labute approximate surface area is 238 Å². The van der Waals surface area contributed by atoms with Crippen molar-refractivity contribution >= 4 is 11.8 Å². The molecule has 2 heterocycles. The number of ether oxygens (including phenoxy) is 2. The minimum atomic E-state index is -0.471. The summed E-state index contributed by atoms with van der Waals surface area (Å²) in [6.07, 6.45) is 7.03. The molecule has 2 aliphatic heterocycles. The molecule has 2 atom stereocenters. The van der Waals surface area contributed by atoms with Crippen molar-refractivity contribution in [3.8, 4) is 11.5 Å². The number of carbonyl (C=O) groups is 2. The molecule has 3 fully saturated rings. The van der Waals surface area contributed by atoms with Crippen LogP contribution in [-0.4, -0.2) is 92.1 Å². The molecule has 216 valence electrons. The van der Waals surface area contributed by atoms with Gasteiger partial charge in [-0.1, -0.05) is 37.5 Å². The Morgan fingerprint density at radius 3 is 2.38 bits per heavy atom. The van der Waals surface area contributed by atoms with Crippen LogP contribution in [0.1, 0.15) is 54.4 Å². The summed E-state index contributed by atoms with van der Waals surface area (Å²) in [6.45, 7) is 5.22. The van der Waals surface area contributed by atoms with Crippen LogP contribution in [0.3, 0.4) is 0 Å². The molecule has 0 radical (unpaired) electrons. The predicted molar refractivity (Wildman–Crippen MR) is 156 cm³/mol. The Bertz CT molecular complexity index is 1150. The van der Waals surface area contributed by atoms with Gasteiger partial charge in [0, 0.05) is 57.4 Å². The molecule has 2 aromatic rings. The fraction of sp³-hybridized carbons (Fsp3) is 0.562. The van der Waals surface area contributed by atoms with Crippen molar-refractivity contribution in [2.75, 3.05) is 53.5 Å². The quantitative estimate of drug-likeness (QED) is 0.514. The zero-order chi connectivity index (χ0) is 27.9. The molecule has 1 aliphatic carbocycles. The maximum absolute atomic E-state index is 14.0. The van der Waals surface area contributed by atoms with Gasteiger partial charge < -0.3 is 24.6 Å². The van der Waals surface area contributed by atoms with Crippen molar-refractivity contribution in [3.63, 3.8) is 0 Å². The zero-order valence-corrected chi connectivity index (χ0v) is 24.0. The second-order valence-corrected chi connectivity index (χ2v) is 11.5. The lowest BCUT2D eigenvalue weighted by Crippen LogP contribution is -2.53. The summed E-state index contributed by atoms with van der Waals surface area (Å²) in [4.78, 5) is 34.2. The highest BCUT2D eigenvalue weighted by molar-refractivity contribution is 5.98. The van der Waals surface area contributed by atoms with Crippen LogP contribution in [0.5, 0.6) is 11.5 Å². The SMILES string of the molecule is COc1cccc(CN(CC2CCCCC2)C2CC(C(=O)N3CCNCC3)N(C(=O)c3cccc(OC)c3)C2)c1. The summed E-state index contributed by atoms with van der Waals surface area (Å²) in [5, 5.41) is 3.33. The third-order valence-electron chi connectivity index (χ3n) is 8.82. The summed E-state index contributed by atoms with van der Waals surface area (Å²) >= 11 is 0. The maximum atomic E-state index is 14.0. The first kappa shape index (κ1) is 28.4. The number of nitrogens with zero attached hydrogens (tertiary/aromatic N) is 3. The van der Waals surface area contributed by atoms with E-state index in [0.717, 1.165) is 31.9 Å². The number of carbonyl (C=O) groups excluding carboxylic acids is 2. The van der Waals surface area contributed by atoms with E-state index in [1.54, 1.807) is 20.3 Å². The largest absolute Gasteiger partial charge is 0.497 e. The van der Waals surface area contributed by atoms with Gasteiger partial charge in [-0.2, -0.15) is 0 Å². The lowest BCUT2D eigenvalue weighted by molar-refractivity contribution is -0.135. The van der Waals surface area contributed by atoms with Gasteiger partial charge in [0.1, 0.15) is 17.5 Å². The molecule has 1 saturated carbocycles. The molecule has 2 unspecified atom stereocenters. The Morgan fingerprint density at radius 1 is 0.950 bits per heavy atom. The van der Waals surface area contributed by atoms with E-state index in [-0.39, 0.29) is 17.9 Å². The van der Waals surface area contributed by atoms with E-state index in [2.05, 4.69) is 22.3 Å². The van der Waals surface area contributed by atoms with Crippen molar-refractivity contribution in [1.82, 2.24) is 20.0 Å². The van der Waals surface area contributed by atoms with Gasteiger partial charge >= 0.3 is 0 Å². The van der Waals surface area contributed by atoms with E-state index in [4.69, 9.17) is 9.47 Å². The van der Waals surface area contributed by atoms with Crippen LogP contribution in [0.4, 0.5) is 0 Å². The number of benzene rings is 2. The second-order valence-electron chi connectivity index (χ2n) is 11.5. The molecular formula is C32H44N4O4. The fourth-order valence-electron chi connectivity index (χ4n) is 6.60. The molecule has 8 heteroatoms. The molecule has 5 rings (SSSR count). The van der Waals surface area contributed by atoms with Crippen molar-refractivity contribution in [1.29, 1.82) is 0 Å². The van der Waals surface area contributed by atoms with Gasteiger partial charge in [0.2, 0.25) is 5.91 Å². The van der Waals surface area contributed by atoms with E-state index >= 15 is 0 Å². The van der Waals surface area contributed by atoms with Crippen LogP contribution in [0.2, 0.25) is 0 Å². The number of amides is 2. The summed E-state index contributed by atoms with van der Waals surface area (Å²) in [5.74, 6) is 2.10. The van der Waals surface area contributed by atoms with E-state index in [1.807, 2.05) is 40.1 Å². The Hall–Kier alpha value is -3.10. The number of hydrogen-bond acceptors (Lipinski definition) is 6. The monoisotopic (exact) mass is 548 g/mol. The topological polar surface area (TPSA) is 74.4 Å². The third kappa shape index (κ3) is 6.78. The normalized spacial score (nSPS) is 22.0. The van der Waals surface area contributed by atoms with Gasteiger partial charge in [-0.25, -0.2) is 0 Å². The smallest absolute Gasteiger partial charge is 0.254 e. The Balaban J connectivity index is 1.42. The number of nitrogens with one attached hydrogen (secondary N) is 1. The van der Waals surface area contributed by atoms with Crippen LogP contribution >= 0.6 is 0 Å².